The number of nitriles is 2. The van der Waals surface area contributed by atoms with E-state index in [9.17, 15) is 0 Å². The highest BCUT2D eigenvalue weighted by Crippen LogP contribution is 2.10. The third-order valence-electron chi connectivity index (χ3n) is 1.51. The van der Waals surface area contributed by atoms with Crippen LogP contribution in [0.2, 0.25) is 0 Å². The summed E-state index contributed by atoms with van der Waals surface area (Å²) < 4.78 is 5.04. The fourth-order valence-electron chi connectivity index (χ4n) is 0.896. The molecule has 3 nitrogen and oxygen atoms in total. The second-order valence-corrected chi connectivity index (χ2v) is 2.45. The second-order valence-electron chi connectivity index (χ2n) is 2.45. The molecule has 0 unspecified atom stereocenters. The van der Waals surface area contributed by atoms with E-state index >= 15 is 0 Å². The molecule has 0 fully saturated rings. The van der Waals surface area contributed by atoms with Crippen LogP contribution in [-0.4, -0.2) is 0 Å². The van der Waals surface area contributed by atoms with Crippen LogP contribution in [0.1, 0.15) is 18.6 Å². The van der Waals surface area contributed by atoms with Gasteiger partial charge in [-0.1, -0.05) is 0 Å². The van der Waals surface area contributed by atoms with Crippen molar-refractivity contribution in [1.82, 2.24) is 0 Å². The number of hydrogen-bond acceptors (Lipinski definition) is 3. The maximum Gasteiger partial charge on any atom is 0.127 e. The van der Waals surface area contributed by atoms with Crippen LogP contribution in [0.4, 0.5) is 0 Å². The Bertz CT molecular complexity index is 363. The Hall–Kier alpha value is -2.00. The molecule has 1 heterocycles. The van der Waals surface area contributed by atoms with Crippen LogP contribution in [0.15, 0.2) is 28.4 Å². The van der Waals surface area contributed by atoms with Crippen LogP contribution in [0.5, 0.6) is 0 Å². The van der Waals surface area contributed by atoms with Gasteiger partial charge in [0.2, 0.25) is 0 Å². The largest absolute Gasteiger partial charge is 0.465 e. The van der Waals surface area contributed by atoms with Gasteiger partial charge in [-0.3, -0.25) is 0 Å². The van der Waals surface area contributed by atoms with Gasteiger partial charge in [-0.15, -0.1) is 0 Å². The molecule has 0 atom stereocenters. The van der Waals surface area contributed by atoms with Crippen molar-refractivity contribution in [3.05, 3.63) is 29.7 Å². The van der Waals surface area contributed by atoms with E-state index in [1.807, 2.05) is 12.1 Å². The Balaban J connectivity index is 2.68. The Labute approximate surface area is 76.5 Å². The minimum atomic E-state index is 0.361. The Morgan fingerprint density at radius 2 is 2.38 bits per heavy atom. The first kappa shape index (κ1) is 9.09. The molecule has 0 aromatic carbocycles. The van der Waals surface area contributed by atoms with E-state index < -0.39 is 0 Å². The van der Waals surface area contributed by atoms with E-state index in [-0.39, 0.29) is 0 Å². The molecule has 0 N–H and O–H groups in total. The summed E-state index contributed by atoms with van der Waals surface area (Å²) in [5.41, 5.74) is 0.566. The van der Waals surface area contributed by atoms with Crippen molar-refractivity contribution in [1.29, 1.82) is 10.5 Å². The fourth-order valence-corrected chi connectivity index (χ4v) is 0.896. The summed E-state index contributed by atoms with van der Waals surface area (Å²) in [5, 5.41) is 17.0. The lowest BCUT2D eigenvalue weighted by atomic mass is 10.1. The van der Waals surface area contributed by atoms with Crippen LogP contribution < -0.4 is 0 Å². The molecule has 3 heteroatoms. The van der Waals surface area contributed by atoms with Crippen molar-refractivity contribution in [3.63, 3.8) is 0 Å². The lowest BCUT2D eigenvalue weighted by Crippen LogP contribution is -1.78. The van der Waals surface area contributed by atoms with Gasteiger partial charge in [-0.05, 0) is 24.6 Å². The molecule has 0 aliphatic carbocycles. The molecule has 0 saturated heterocycles. The number of furan rings is 1. The van der Waals surface area contributed by atoms with Gasteiger partial charge in [0.1, 0.15) is 5.76 Å². The van der Waals surface area contributed by atoms with Crippen LogP contribution >= 0.6 is 0 Å². The van der Waals surface area contributed by atoms with Gasteiger partial charge in [-0.25, -0.2) is 0 Å². The normalized spacial score (nSPS) is 10.5. The van der Waals surface area contributed by atoms with E-state index in [4.69, 9.17) is 14.9 Å². The van der Waals surface area contributed by atoms with Crippen LogP contribution in [0.3, 0.4) is 0 Å². The maximum atomic E-state index is 8.68. The van der Waals surface area contributed by atoms with Crippen molar-refractivity contribution >= 4 is 6.08 Å². The molecule has 0 amide bonds. The molecular weight excluding hydrogens is 164 g/mol. The molecule has 0 radical (unpaired) electrons. The average Bonchev–Trinajstić information content (AvgIpc) is 2.64. The summed E-state index contributed by atoms with van der Waals surface area (Å²) in [7, 11) is 0. The summed E-state index contributed by atoms with van der Waals surface area (Å²) in [4.78, 5) is 0. The number of rotatable bonds is 3. The molecule has 1 rings (SSSR count). The van der Waals surface area contributed by atoms with E-state index in [0.29, 0.717) is 24.2 Å². The Morgan fingerprint density at radius 3 is 2.92 bits per heavy atom. The van der Waals surface area contributed by atoms with Crippen molar-refractivity contribution < 1.29 is 4.42 Å². The highest BCUT2D eigenvalue weighted by atomic mass is 16.3. The van der Waals surface area contributed by atoms with Gasteiger partial charge in [0.15, 0.2) is 0 Å². The highest BCUT2D eigenvalue weighted by molar-refractivity contribution is 5.52. The smallest absolute Gasteiger partial charge is 0.127 e. The molecule has 0 bridgehead atoms. The van der Waals surface area contributed by atoms with Gasteiger partial charge < -0.3 is 4.42 Å². The molecule has 0 aliphatic heterocycles. The zero-order valence-corrected chi connectivity index (χ0v) is 7.03. The van der Waals surface area contributed by atoms with Crippen molar-refractivity contribution in [2.75, 3.05) is 0 Å². The summed E-state index contributed by atoms with van der Waals surface area (Å²) in [6.45, 7) is 0. The van der Waals surface area contributed by atoms with Gasteiger partial charge in [-0.2, -0.15) is 10.5 Å². The standard InChI is InChI=1S/C10H8N2O/c11-5-1-3-9(8-12)7-10-4-2-6-13-10/h2,4,6-7H,1,3H2/b9-7+. The third-order valence-corrected chi connectivity index (χ3v) is 1.51. The van der Waals surface area contributed by atoms with E-state index in [0.717, 1.165) is 0 Å². The summed E-state index contributed by atoms with van der Waals surface area (Å²) >= 11 is 0. The first-order valence-corrected chi connectivity index (χ1v) is 3.88. The van der Waals surface area contributed by atoms with Gasteiger partial charge >= 0.3 is 0 Å². The Morgan fingerprint density at radius 1 is 1.54 bits per heavy atom. The van der Waals surface area contributed by atoms with E-state index in [1.165, 1.54) is 0 Å². The minimum absolute atomic E-state index is 0.361. The SMILES string of the molecule is N#CCC/C(C#N)=C\c1ccco1. The van der Waals surface area contributed by atoms with E-state index in [1.54, 1.807) is 24.5 Å². The summed E-state index contributed by atoms with van der Waals surface area (Å²) in [6, 6.07) is 7.54. The first-order chi connectivity index (χ1) is 6.36. The monoisotopic (exact) mass is 172 g/mol. The van der Waals surface area contributed by atoms with Crippen molar-refractivity contribution in [2.45, 2.75) is 12.8 Å². The van der Waals surface area contributed by atoms with E-state index in [2.05, 4.69) is 0 Å². The minimum Gasteiger partial charge on any atom is -0.465 e. The Kier molecular flexibility index (Phi) is 3.35. The maximum absolute atomic E-state index is 8.68. The number of allylic oxidation sites excluding steroid dienone is 1. The quantitative estimate of drug-likeness (QED) is 0.658. The lowest BCUT2D eigenvalue weighted by molar-refractivity contribution is 0.556. The summed E-state index contributed by atoms with van der Waals surface area (Å²) in [6.07, 6.45) is 4.04. The average molecular weight is 172 g/mol. The zero-order valence-electron chi connectivity index (χ0n) is 7.03. The topological polar surface area (TPSA) is 60.7 Å². The molecular formula is C10H8N2O. The first-order valence-electron chi connectivity index (χ1n) is 3.88. The zero-order chi connectivity index (χ0) is 9.52. The van der Waals surface area contributed by atoms with Gasteiger partial charge in [0.05, 0.1) is 18.4 Å². The molecule has 0 saturated carbocycles. The molecule has 64 valence electrons. The fraction of sp³-hybridized carbons (Fsp3) is 0.200. The van der Waals surface area contributed by atoms with Crippen molar-refractivity contribution in [3.8, 4) is 12.1 Å². The third kappa shape index (κ3) is 2.84. The molecule has 1 aromatic rings. The predicted molar refractivity (Wildman–Crippen MR) is 47.1 cm³/mol. The number of hydrogen-bond donors (Lipinski definition) is 0. The summed E-state index contributed by atoms with van der Waals surface area (Å²) in [5.74, 6) is 0.648. The van der Waals surface area contributed by atoms with Gasteiger partial charge in [0, 0.05) is 12.0 Å². The molecule has 1 aromatic heterocycles. The van der Waals surface area contributed by atoms with Gasteiger partial charge in [0.25, 0.3) is 0 Å². The van der Waals surface area contributed by atoms with Crippen LogP contribution in [0, 0.1) is 22.7 Å². The van der Waals surface area contributed by atoms with Crippen LogP contribution in [0.25, 0.3) is 6.08 Å². The van der Waals surface area contributed by atoms with Crippen LogP contribution in [-0.2, 0) is 0 Å². The highest BCUT2D eigenvalue weighted by Gasteiger charge is 1.97. The lowest BCUT2D eigenvalue weighted by Gasteiger charge is -1.90. The number of nitrogens with zero attached hydrogens (tertiary/aromatic N) is 2. The molecule has 0 spiro atoms. The van der Waals surface area contributed by atoms with Crippen molar-refractivity contribution in [2.24, 2.45) is 0 Å². The molecule has 0 aliphatic rings. The predicted octanol–water partition coefficient (Wildman–Crippen LogP) is 2.49. The molecule has 13 heavy (non-hydrogen) atoms. The second kappa shape index (κ2) is 4.79.